The van der Waals surface area contributed by atoms with Crippen LogP contribution in [0.5, 0.6) is 0 Å². The summed E-state index contributed by atoms with van der Waals surface area (Å²) >= 11 is 0. The second-order valence-electron chi connectivity index (χ2n) is 2.35. The summed E-state index contributed by atoms with van der Waals surface area (Å²) in [5.41, 5.74) is 2.05. The van der Waals surface area contributed by atoms with Crippen molar-refractivity contribution in [2.24, 2.45) is 7.05 Å². The van der Waals surface area contributed by atoms with Crippen LogP contribution in [0, 0.1) is 0 Å². The van der Waals surface area contributed by atoms with E-state index in [0.29, 0.717) is 0 Å². The van der Waals surface area contributed by atoms with Gasteiger partial charge in [-0.05, 0) is 13.0 Å². The molecule has 0 bridgehead atoms. The molecule has 2 heteroatoms. The van der Waals surface area contributed by atoms with Gasteiger partial charge in [0.2, 0.25) is 0 Å². The molecule has 0 radical (unpaired) electrons. The Labute approximate surface area is 80.6 Å². The van der Waals surface area contributed by atoms with Crippen LogP contribution >= 0.6 is 0 Å². The molecule has 0 aliphatic heterocycles. The highest BCUT2D eigenvalue weighted by Crippen LogP contribution is 2.08. The molecular formula is C11H18N2. The van der Waals surface area contributed by atoms with E-state index in [0.717, 1.165) is 11.3 Å². The van der Waals surface area contributed by atoms with Crippen molar-refractivity contribution >= 4 is 12.2 Å². The van der Waals surface area contributed by atoms with Gasteiger partial charge < -0.3 is 0 Å². The number of hydrogen-bond acceptors (Lipinski definition) is 1. The molecule has 0 fully saturated rings. The molecule has 2 nitrogen and oxygen atoms in total. The first kappa shape index (κ1) is 11.7. The molecule has 13 heavy (non-hydrogen) atoms. The SMILES string of the molecule is C=Cc1nn(C)cc1/C=C\C.CC. The molecule has 0 amide bonds. The average Bonchev–Trinajstić information content (AvgIpc) is 2.50. The largest absolute Gasteiger partial charge is 0.275 e. The lowest BCUT2D eigenvalue weighted by molar-refractivity contribution is 0.764. The second kappa shape index (κ2) is 6.23. The molecule has 1 aromatic heterocycles. The van der Waals surface area contributed by atoms with E-state index in [1.54, 1.807) is 10.8 Å². The Bertz CT molecular complexity index is 282. The predicted molar refractivity (Wildman–Crippen MR) is 59.4 cm³/mol. The van der Waals surface area contributed by atoms with Crippen LogP contribution in [0.3, 0.4) is 0 Å². The van der Waals surface area contributed by atoms with Crippen molar-refractivity contribution in [1.29, 1.82) is 0 Å². The molecule has 0 aliphatic rings. The van der Waals surface area contributed by atoms with E-state index in [1.165, 1.54) is 0 Å². The summed E-state index contributed by atoms with van der Waals surface area (Å²) in [6.07, 6.45) is 7.74. The van der Waals surface area contributed by atoms with Crippen LogP contribution in [0.1, 0.15) is 32.0 Å². The van der Waals surface area contributed by atoms with Gasteiger partial charge in [-0.3, -0.25) is 4.68 Å². The molecule has 0 saturated heterocycles. The Hall–Kier alpha value is -1.31. The summed E-state index contributed by atoms with van der Waals surface area (Å²) in [5.74, 6) is 0. The molecule has 0 N–H and O–H groups in total. The van der Waals surface area contributed by atoms with Crippen LogP contribution in [0.4, 0.5) is 0 Å². The van der Waals surface area contributed by atoms with Gasteiger partial charge in [-0.15, -0.1) is 0 Å². The number of aromatic nitrogens is 2. The molecular weight excluding hydrogens is 160 g/mol. The lowest BCUT2D eigenvalue weighted by atomic mass is 10.2. The van der Waals surface area contributed by atoms with Crippen molar-refractivity contribution < 1.29 is 0 Å². The Morgan fingerprint density at radius 2 is 2.08 bits per heavy atom. The average molecular weight is 178 g/mol. The van der Waals surface area contributed by atoms with Crippen LogP contribution in [0.2, 0.25) is 0 Å². The van der Waals surface area contributed by atoms with Gasteiger partial charge in [-0.1, -0.05) is 32.6 Å². The van der Waals surface area contributed by atoms with Crippen molar-refractivity contribution in [3.63, 3.8) is 0 Å². The van der Waals surface area contributed by atoms with Crippen LogP contribution < -0.4 is 0 Å². The Balaban J connectivity index is 0.000000671. The van der Waals surface area contributed by atoms with Crippen LogP contribution in [-0.2, 0) is 7.05 Å². The minimum absolute atomic E-state index is 0.936. The van der Waals surface area contributed by atoms with Crippen LogP contribution in [0.25, 0.3) is 12.2 Å². The van der Waals surface area contributed by atoms with Crippen LogP contribution in [-0.4, -0.2) is 9.78 Å². The van der Waals surface area contributed by atoms with Crippen molar-refractivity contribution in [2.45, 2.75) is 20.8 Å². The Kier molecular flexibility index (Phi) is 5.60. The topological polar surface area (TPSA) is 17.8 Å². The zero-order chi connectivity index (χ0) is 10.3. The molecule has 0 aromatic carbocycles. The summed E-state index contributed by atoms with van der Waals surface area (Å²) in [4.78, 5) is 0. The molecule has 72 valence electrons. The highest BCUT2D eigenvalue weighted by Gasteiger charge is 1.98. The molecule has 1 rings (SSSR count). The summed E-state index contributed by atoms with van der Waals surface area (Å²) in [6, 6.07) is 0. The smallest absolute Gasteiger partial charge is 0.0917 e. The number of nitrogens with zero attached hydrogens (tertiary/aromatic N) is 2. The van der Waals surface area contributed by atoms with Crippen molar-refractivity contribution in [2.75, 3.05) is 0 Å². The predicted octanol–water partition coefficient (Wildman–Crippen LogP) is 3.12. The van der Waals surface area contributed by atoms with Gasteiger partial charge in [0.25, 0.3) is 0 Å². The summed E-state index contributed by atoms with van der Waals surface area (Å²) in [6.45, 7) is 9.66. The van der Waals surface area contributed by atoms with Gasteiger partial charge in [0.1, 0.15) is 0 Å². The fourth-order valence-electron chi connectivity index (χ4n) is 0.991. The van der Waals surface area contributed by atoms with Gasteiger partial charge in [0.05, 0.1) is 5.69 Å². The molecule has 1 aromatic rings. The molecule has 0 spiro atoms. The summed E-state index contributed by atoms with van der Waals surface area (Å²) < 4.78 is 1.78. The standard InChI is InChI=1S/C9H12N2.C2H6/c1-4-6-8-7-11(3)10-9(8)5-2;1-2/h4-7H,2H2,1,3H3;1-2H3/b6-4-;. The fourth-order valence-corrected chi connectivity index (χ4v) is 0.991. The molecule has 1 heterocycles. The van der Waals surface area contributed by atoms with E-state index in [-0.39, 0.29) is 0 Å². The minimum Gasteiger partial charge on any atom is -0.275 e. The molecule has 0 atom stereocenters. The van der Waals surface area contributed by atoms with Gasteiger partial charge in [0, 0.05) is 18.8 Å². The second-order valence-corrected chi connectivity index (χ2v) is 2.35. The first-order chi connectivity index (χ1) is 6.27. The maximum atomic E-state index is 4.20. The quantitative estimate of drug-likeness (QED) is 0.680. The number of allylic oxidation sites excluding steroid dienone is 1. The normalized spacial score (nSPS) is 9.54. The first-order valence-corrected chi connectivity index (χ1v) is 4.56. The minimum atomic E-state index is 0.936. The number of rotatable bonds is 2. The van der Waals surface area contributed by atoms with Gasteiger partial charge in [-0.2, -0.15) is 5.10 Å². The van der Waals surface area contributed by atoms with Crippen LogP contribution in [0.15, 0.2) is 18.9 Å². The third-order valence-electron chi connectivity index (χ3n) is 1.43. The fraction of sp³-hybridized carbons (Fsp3) is 0.364. The monoisotopic (exact) mass is 178 g/mol. The van der Waals surface area contributed by atoms with Gasteiger partial charge in [-0.25, -0.2) is 0 Å². The third kappa shape index (κ3) is 3.28. The highest BCUT2D eigenvalue weighted by molar-refractivity contribution is 5.60. The maximum Gasteiger partial charge on any atom is 0.0917 e. The van der Waals surface area contributed by atoms with E-state index in [9.17, 15) is 0 Å². The van der Waals surface area contributed by atoms with Crippen molar-refractivity contribution in [1.82, 2.24) is 9.78 Å². The van der Waals surface area contributed by atoms with E-state index >= 15 is 0 Å². The van der Waals surface area contributed by atoms with Gasteiger partial charge >= 0.3 is 0 Å². The summed E-state index contributed by atoms with van der Waals surface area (Å²) in [7, 11) is 1.90. The lowest BCUT2D eigenvalue weighted by Crippen LogP contribution is -1.86. The summed E-state index contributed by atoms with van der Waals surface area (Å²) in [5, 5.41) is 4.20. The zero-order valence-electron chi connectivity index (χ0n) is 8.91. The molecule has 0 unspecified atom stereocenters. The third-order valence-corrected chi connectivity index (χ3v) is 1.43. The highest BCUT2D eigenvalue weighted by atomic mass is 15.2. The number of aryl methyl sites for hydroxylation is 1. The van der Waals surface area contributed by atoms with Crippen molar-refractivity contribution in [3.05, 3.63) is 30.1 Å². The zero-order valence-corrected chi connectivity index (χ0v) is 8.91. The number of hydrogen-bond donors (Lipinski definition) is 0. The van der Waals surface area contributed by atoms with E-state index in [1.807, 2.05) is 46.2 Å². The Morgan fingerprint density at radius 3 is 2.54 bits per heavy atom. The Morgan fingerprint density at radius 1 is 1.46 bits per heavy atom. The maximum absolute atomic E-state index is 4.20. The van der Waals surface area contributed by atoms with Crippen molar-refractivity contribution in [3.8, 4) is 0 Å². The van der Waals surface area contributed by atoms with E-state index < -0.39 is 0 Å². The lowest BCUT2D eigenvalue weighted by Gasteiger charge is -1.84. The molecule has 0 aliphatic carbocycles. The molecule has 0 saturated carbocycles. The first-order valence-electron chi connectivity index (χ1n) is 4.56. The van der Waals surface area contributed by atoms with E-state index in [2.05, 4.69) is 11.7 Å². The van der Waals surface area contributed by atoms with E-state index in [4.69, 9.17) is 0 Å². The van der Waals surface area contributed by atoms with Gasteiger partial charge in [0.15, 0.2) is 0 Å².